The van der Waals surface area contributed by atoms with Crippen LogP contribution in [0, 0.1) is 0 Å². The topological polar surface area (TPSA) is 79.1 Å². The Labute approximate surface area is 140 Å². The molecule has 2 unspecified atom stereocenters. The van der Waals surface area contributed by atoms with Crippen molar-refractivity contribution >= 4 is 5.97 Å². The minimum Gasteiger partial charge on any atom is -0.463 e. The van der Waals surface area contributed by atoms with E-state index < -0.39 is 0 Å². The van der Waals surface area contributed by atoms with Crippen LogP contribution >= 0.6 is 0 Å². The van der Waals surface area contributed by atoms with Crippen molar-refractivity contribution in [3.8, 4) is 0 Å². The average Bonchev–Trinajstić information content (AvgIpc) is 3.08. The zero-order valence-corrected chi connectivity index (χ0v) is 13.5. The van der Waals surface area contributed by atoms with Crippen LogP contribution in [0.15, 0.2) is 42.5 Å². The number of hydrogen-bond donors (Lipinski definition) is 0. The maximum atomic E-state index is 10.9. The molecule has 2 atom stereocenters. The molecule has 0 N–H and O–H groups in total. The number of carbonyl (C=O) groups is 1. The van der Waals surface area contributed by atoms with Crippen LogP contribution in [0.3, 0.4) is 0 Å². The first-order chi connectivity index (χ1) is 11.7. The van der Waals surface area contributed by atoms with Crippen LogP contribution in [-0.2, 0) is 27.1 Å². The molecule has 0 fully saturated rings. The molecular formula is C17H20N4O3. The second kappa shape index (κ2) is 7.83. The highest BCUT2D eigenvalue weighted by molar-refractivity contribution is 5.65. The second-order valence-corrected chi connectivity index (χ2v) is 5.61. The van der Waals surface area contributed by atoms with Gasteiger partial charge in [-0.05, 0) is 17.2 Å². The Morgan fingerprint density at radius 3 is 2.96 bits per heavy atom. The van der Waals surface area contributed by atoms with Crippen LogP contribution in [0.5, 0.6) is 0 Å². The van der Waals surface area contributed by atoms with E-state index in [1.165, 1.54) is 17.3 Å². The third-order valence-corrected chi connectivity index (χ3v) is 3.68. The van der Waals surface area contributed by atoms with Crippen molar-refractivity contribution in [2.45, 2.75) is 38.5 Å². The highest BCUT2D eigenvalue weighted by Gasteiger charge is 2.22. The number of aryl methyl sites for hydroxylation is 2. The van der Waals surface area contributed by atoms with Gasteiger partial charge in [0.1, 0.15) is 12.7 Å². The summed E-state index contributed by atoms with van der Waals surface area (Å²) in [5.41, 5.74) is 1.24. The molecule has 126 valence electrons. The van der Waals surface area contributed by atoms with Gasteiger partial charge in [0.25, 0.3) is 0 Å². The minimum absolute atomic E-state index is 0.192. The Morgan fingerprint density at radius 2 is 2.17 bits per heavy atom. The van der Waals surface area contributed by atoms with Crippen molar-refractivity contribution in [3.05, 3.63) is 53.9 Å². The first-order valence-corrected chi connectivity index (χ1v) is 7.98. The predicted molar refractivity (Wildman–Crippen MR) is 86.0 cm³/mol. The number of benzene rings is 1. The number of hydrogen-bond acceptors (Lipinski definition) is 6. The number of tetrazole rings is 1. The Balaban J connectivity index is 1.55. The molecule has 0 aliphatic carbocycles. The first-order valence-electron chi connectivity index (χ1n) is 7.98. The molecule has 3 rings (SSSR count). The van der Waals surface area contributed by atoms with Gasteiger partial charge in [-0.1, -0.05) is 42.5 Å². The molecule has 2 aromatic rings. The number of carbonyl (C=O) groups excluding carboxylic acids is 1. The second-order valence-electron chi connectivity index (χ2n) is 5.61. The quantitative estimate of drug-likeness (QED) is 0.595. The monoisotopic (exact) mass is 328 g/mol. The zero-order chi connectivity index (χ0) is 16.8. The third-order valence-electron chi connectivity index (χ3n) is 3.68. The highest BCUT2D eigenvalue weighted by atomic mass is 16.6. The summed E-state index contributed by atoms with van der Waals surface area (Å²) in [6.45, 7) is 1.57. The summed E-state index contributed by atoms with van der Waals surface area (Å²) in [6.07, 6.45) is 5.50. The minimum atomic E-state index is -0.325. The van der Waals surface area contributed by atoms with E-state index in [-0.39, 0.29) is 24.9 Å². The van der Waals surface area contributed by atoms with Crippen molar-refractivity contribution in [3.63, 3.8) is 0 Å². The molecular weight excluding hydrogens is 308 g/mol. The summed E-state index contributed by atoms with van der Waals surface area (Å²) in [6, 6.07) is 10.2. The Morgan fingerprint density at radius 1 is 1.33 bits per heavy atom. The van der Waals surface area contributed by atoms with Crippen LogP contribution < -0.4 is 0 Å². The normalized spacial score (nSPS) is 20.0. The Bertz CT molecular complexity index is 699. The van der Waals surface area contributed by atoms with Gasteiger partial charge in [-0.2, -0.15) is 0 Å². The van der Waals surface area contributed by atoms with E-state index in [9.17, 15) is 4.79 Å². The highest BCUT2D eigenvalue weighted by Crippen LogP contribution is 2.20. The van der Waals surface area contributed by atoms with Crippen molar-refractivity contribution in [2.24, 2.45) is 0 Å². The van der Waals surface area contributed by atoms with Crippen LogP contribution in [-0.4, -0.2) is 38.9 Å². The molecule has 1 aromatic heterocycles. The fourth-order valence-corrected chi connectivity index (χ4v) is 2.47. The van der Waals surface area contributed by atoms with Gasteiger partial charge in [-0.15, -0.1) is 15.0 Å². The summed E-state index contributed by atoms with van der Waals surface area (Å²) in [5, 5.41) is 12.6. The Kier molecular flexibility index (Phi) is 5.32. The third kappa shape index (κ3) is 4.48. The lowest BCUT2D eigenvalue weighted by Crippen LogP contribution is -2.28. The molecule has 0 saturated heterocycles. The van der Waals surface area contributed by atoms with Gasteiger partial charge in [0.05, 0.1) is 0 Å². The van der Waals surface area contributed by atoms with E-state index in [2.05, 4.69) is 27.5 Å². The lowest BCUT2D eigenvalue weighted by Gasteiger charge is -2.24. The molecule has 1 aliphatic heterocycles. The van der Waals surface area contributed by atoms with E-state index in [0.29, 0.717) is 12.2 Å². The lowest BCUT2D eigenvalue weighted by molar-refractivity contribution is -0.148. The molecule has 1 aromatic carbocycles. The van der Waals surface area contributed by atoms with Crippen LogP contribution in [0.2, 0.25) is 0 Å². The SMILES string of the molecule is CC(=O)OCC1C=CCC(n2nnc(CCc3ccccc3)n2)O1. The summed E-state index contributed by atoms with van der Waals surface area (Å²) >= 11 is 0. The van der Waals surface area contributed by atoms with Crippen LogP contribution in [0.25, 0.3) is 0 Å². The number of rotatable bonds is 6. The van der Waals surface area contributed by atoms with Gasteiger partial charge in [-0.3, -0.25) is 4.79 Å². The van der Waals surface area contributed by atoms with E-state index in [0.717, 1.165) is 12.8 Å². The number of esters is 1. The van der Waals surface area contributed by atoms with Crippen molar-refractivity contribution in [1.82, 2.24) is 20.2 Å². The standard InChI is InChI=1S/C17H20N4O3/c1-13(22)23-12-15-8-5-9-17(24-15)21-19-16(18-20-21)11-10-14-6-3-2-4-7-14/h2-8,15,17H,9-12H2,1H3. The average molecular weight is 328 g/mol. The molecule has 0 saturated carbocycles. The molecule has 0 spiro atoms. The van der Waals surface area contributed by atoms with Gasteiger partial charge < -0.3 is 9.47 Å². The fraction of sp³-hybridized carbons (Fsp3) is 0.412. The Hall–Kier alpha value is -2.54. The van der Waals surface area contributed by atoms with Gasteiger partial charge in [-0.25, -0.2) is 0 Å². The zero-order valence-electron chi connectivity index (χ0n) is 13.5. The van der Waals surface area contributed by atoms with Gasteiger partial charge >= 0.3 is 5.97 Å². The van der Waals surface area contributed by atoms with Crippen LogP contribution in [0.1, 0.15) is 31.0 Å². The maximum Gasteiger partial charge on any atom is 0.302 e. The smallest absolute Gasteiger partial charge is 0.302 e. The van der Waals surface area contributed by atoms with E-state index in [1.807, 2.05) is 30.4 Å². The molecule has 0 radical (unpaired) electrons. The van der Waals surface area contributed by atoms with Crippen molar-refractivity contribution < 1.29 is 14.3 Å². The van der Waals surface area contributed by atoms with E-state index in [4.69, 9.17) is 9.47 Å². The van der Waals surface area contributed by atoms with Gasteiger partial charge in [0.15, 0.2) is 12.1 Å². The van der Waals surface area contributed by atoms with Gasteiger partial charge in [0, 0.05) is 19.8 Å². The van der Waals surface area contributed by atoms with Crippen molar-refractivity contribution in [2.75, 3.05) is 6.61 Å². The summed E-state index contributed by atoms with van der Waals surface area (Å²) in [7, 11) is 0. The molecule has 24 heavy (non-hydrogen) atoms. The summed E-state index contributed by atoms with van der Waals surface area (Å²) < 4.78 is 10.8. The number of aromatic nitrogens is 4. The molecule has 7 nitrogen and oxygen atoms in total. The maximum absolute atomic E-state index is 10.9. The fourth-order valence-electron chi connectivity index (χ4n) is 2.47. The number of nitrogens with zero attached hydrogens (tertiary/aromatic N) is 4. The molecule has 0 bridgehead atoms. The molecule has 7 heteroatoms. The van der Waals surface area contributed by atoms with Crippen LogP contribution in [0.4, 0.5) is 0 Å². The van der Waals surface area contributed by atoms with E-state index in [1.54, 1.807) is 0 Å². The largest absolute Gasteiger partial charge is 0.463 e. The van der Waals surface area contributed by atoms with Crippen molar-refractivity contribution in [1.29, 1.82) is 0 Å². The molecule has 2 heterocycles. The van der Waals surface area contributed by atoms with Gasteiger partial charge in [0.2, 0.25) is 0 Å². The lowest BCUT2D eigenvalue weighted by atomic mass is 10.1. The van der Waals surface area contributed by atoms with E-state index >= 15 is 0 Å². The summed E-state index contributed by atoms with van der Waals surface area (Å²) in [5.74, 6) is 0.366. The molecule has 1 aliphatic rings. The number of ether oxygens (including phenoxy) is 2. The molecule has 0 amide bonds. The predicted octanol–water partition coefficient (Wildman–Crippen LogP) is 1.87. The first kappa shape index (κ1) is 16.3. The summed E-state index contributed by atoms with van der Waals surface area (Å²) in [4.78, 5) is 12.4.